The van der Waals surface area contributed by atoms with Gasteiger partial charge in [0, 0.05) is 45.9 Å². The number of carbonyl (C=O) groups is 2. The van der Waals surface area contributed by atoms with E-state index in [0.717, 1.165) is 77.0 Å². The van der Waals surface area contributed by atoms with Gasteiger partial charge in [-0.2, -0.15) is 4.98 Å². The minimum absolute atomic E-state index is 0.0675. The zero-order chi connectivity index (χ0) is 23.8. The molecule has 2 amide bonds. The largest absolute Gasteiger partial charge is 0.343 e. The molecule has 0 unspecified atom stereocenters. The number of nitrogens with one attached hydrogen (secondary N) is 1. The molecule has 2 heterocycles. The van der Waals surface area contributed by atoms with Gasteiger partial charge < -0.3 is 19.6 Å². The van der Waals surface area contributed by atoms with E-state index in [4.69, 9.17) is 4.52 Å². The van der Waals surface area contributed by atoms with Crippen molar-refractivity contribution < 1.29 is 14.1 Å². The van der Waals surface area contributed by atoms with Crippen molar-refractivity contribution in [2.24, 2.45) is 5.92 Å². The smallest absolute Gasteiger partial charge is 0.227 e. The van der Waals surface area contributed by atoms with E-state index in [1.807, 2.05) is 4.90 Å². The van der Waals surface area contributed by atoms with Crippen molar-refractivity contribution in [1.82, 2.24) is 25.3 Å². The Morgan fingerprint density at radius 2 is 1.71 bits per heavy atom. The molecule has 0 atom stereocenters. The van der Waals surface area contributed by atoms with E-state index in [1.165, 1.54) is 38.6 Å². The van der Waals surface area contributed by atoms with Crippen LogP contribution in [0.5, 0.6) is 0 Å². The molecule has 0 spiro atoms. The molecule has 2 saturated carbocycles. The van der Waals surface area contributed by atoms with E-state index in [9.17, 15) is 9.59 Å². The number of rotatable bonds is 7. The molecule has 4 rings (SSSR count). The van der Waals surface area contributed by atoms with Crippen LogP contribution in [0.25, 0.3) is 0 Å². The lowest BCUT2D eigenvalue weighted by atomic mass is 9.89. The Labute approximate surface area is 204 Å². The molecule has 1 saturated heterocycles. The van der Waals surface area contributed by atoms with Crippen LogP contribution in [-0.2, 0) is 21.5 Å². The van der Waals surface area contributed by atoms with Gasteiger partial charge in [0.05, 0.1) is 0 Å². The highest BCUT2D eigenvalue weighted by Gasteiger charge is 2.38. The maximum atomic E-state index is 12.9. The third-order valence-electron chi connectivity index (χ3n) is 8.00. The van der Waals surface area contributed by atoms with Crippen LogP contribution in [0.2, 0.25) is 0 Å². The lowest BCUT2D eigenvalue weighted by molar-refractivity contribution is -0.131. The molecule has 1 aromatic heterocycles. The van der Waals surface area contributed by atoms with Gasteiger partial charge in [0.25, 0.3) is 0 Å². The fourth-order valence-electron chi connectivity index (χ4n) is 6.13. The van der Waals surface area contributed by atoms with Crippen molar-refractivity contribution in [3.63, 3.8) is 0 Å². The standard InChI is InChI=1S/C26H43N5O3/c1-21(32)28-26(14-7-2-3-8-15-26)25-27-23(34-29-25)12-13-24(33)31-17-9-16-30(18-19-31)20-22-10-5-4-6-11-22/h22H,2-20H2,1H3,(H,28,32). The van der Waals surface area contributed by atoms with Crippen molar-refractivity contribution in [2.45, 2.75) is 102 Å². The summed E-state index contributed by atoms with van der Waals surface area (Å²) >= 11 is 0. The Hall–Kier alpha value is -1.96. The predicted octanol–water partition coefficient (Wildman–Crippen LogP) is 3.80. The maximum absolute atomic E-state index is 12.9. The van der Waals surface area contributed by atoms with Gasteiger partial charge in [0.15, 0.2) is 5.82 Å². The van der Waals surface area contributed by atoms with Crippen LogP contribution in [0.1, 0.15) is 102 Å². The van der Waals surface area contributed by atoms with E-state index >= 15 is 0 Å². The van der Waals surface area contributed by atoms with Gasteiger partial charge in [-0.15, -0.1) is 0 Å². The molecule has 8 heteroatoms. The molecule has 3 fully saturated rings. The van der Waals surface area contributed by atoms with Crippen LogP contribution in [0, 0.1) is 5.92 Å². The summed E-state index contributed by atoms with van der Waals surface area (Å²) in [5.41, 5.74) is -0.541. The molecule has 0 bridgehead atoms. The highest BCUT2D eigenvalue weighted by atomic mass is 16.5. The van der Waals surface area contributed by atoms with Gasteiger partial charge in [0.2, 0.25) is 17.7 Å². The minimum atomic E-state index is -0.541. The molecular formula is C26H43N5O3. The van der Waals surface area contributed by atoms with Crippen LogP contribution in [0.3, 0.4) is 0 Å². The summed E-state index contributed by atoms with van der Waals surface area (Å²) in [4.78, 5) is 34.1. The van der Waals surface area contributed by atoms with Crippen molar-refractivity contribution in [3.8, 4) is 0 Å². The zero-order valence-electron chi connectivity index (χ0n) is 21.0. The molecule has 1 aliphatic heterocycles. The topological polar surface area (TPSA) is 91.6 Å². The molecule has 8 nitrogen and oxygen atoms in total. The Balaban J connectivity index is 1.28. The maximum Gasteiger partial charge on any atom is 0.227 e. The van der Waals surface area contributed by atoms with Crippen LogP contribution in [0.4, 0.5) is 0 Å². The van der Waals surface area contributed by atoms with Crippen molar-refractivity contribution in [1.29, 1.82) is 0 Å². The van der Waals surface area contributed by atoms with E-state index in [0.29, 0.717) is 24.6 Å². The third-order valence-corrected chi connectivity index (χ3v) is 8.00. The van der Waals surface area contributed by atoms with Crippen LogP contribution in [-0.4, -0.2) is 64.5 Å². The SMILES string of the molecule is CC(=O)NC1(c2noc(CCC(=O)N3CCCN(CC4CCCCC4)CC3)n2)CCCCCC1. The number of hydrogen-bond acceptors (Lipinski definition) is 6. The molecule has 2 aliphatic carbocycles. The lowest BCUT2D eigenvalue weighted by Gasteiger charge is -2.30. The van der Waals surface area contributed by atoms with E-state index in [2.05, 4.69) is 20.4 Å². The van der Waals surface area contributed by atoms with E-state index in [-0.39, 0.29) is 11.8 Å². The molecule has 1 aromatic rings. The Bertz CT molecular complexity index is 796. The first kappa shape index (κ1) is 25.1. The molecule has 3 aliphatic rings. The minimum Gasteiger partial charge on any atom is -0.343 e. The normalized spacial score (nSPS) is 22.7. The van der Waals surface area contributed by atoms with Crippen LogP contribution in [0.15, 0.2) is 4.52 Å². The van der Waals surface area contributed by atoms with Gasteiger partial charge in [-0.05, 0) is 44.6 Å². The Morgan fingerprint density at radius 3 is 2.44 bits per heavy atom. The number of aryl methyl sites for hydroxylation is 1. The van der Waals surface area contributed by atoms with Gasteiger partial charge in [-0.1, -0.05) is 50.1 Å². The quantitative estimate of drug-likeness (QED) is 0.606. The van der Waals surface area contributed by atoms with Gasteiger partial charge in [-0.3, -0.25) is 9.59 Å². The van der Waals surface area contributed by atoms with Crippen LogP contribution < -0.4 is 5.32 Å². The number of nitrogens with zero attached hydrogens (tertiary/aromatic N) is 4. The van der Waals surface area contributed by atoms with Crippen molar-refractivity contribution >= 4 is 11.8 Å². The Morgan fingerprint density at radius 1 is 0.971 bits per heavy atom. The number of amides is 2. The Kier molecular flexibility index (Phi) is 8.98. The third kappa shape index (κ3) is 6.80. The average molecular weight is 474 g/mol. The molecule has 190 valence electrons. The fourth-order valence-corrected chi connectivity index (χ4v) is 6.13. The summed E-state index contributed by atoms with van der Waals surface area (Å²) in [6.45, 7) is 6.46. The summed E-state index contributed by atoms with van der Waals surface area (Å²) < 4.78 is 5.54. The predicted molar refractivity (Wildman–Crippen MR) is 130 cm³/mol. The van der Waals surface area contributed by atoms with Gasteiger partial charge in [-0.25, -0.2) is 0 Å². The number of hydrogen-bond donors (Lipinski definition) is 1. The second-order valence-corrected chi connectivity index (χ2v) is 10.7. The molecular weight excluding hydrogens is 430 g/mol. The van der Waals surface area contributed by atoms with Gasteiger partial charge >= 0.3 is 0 Å². The monoisotopic (exact) mass is 473 g/mol. The molecule has 34 heavy (non-hydrogen) atoms. The van der Waals surface area contributed by atoms with Gasteiger partial charge in [0.1, 0.15) is 5.54 Å². The summed E-state index contributed by atoms with van der Waals surface area (Å²) in [6.07, 6.45) is 14.8. The summed E-state index contributed by atoms with van der Waals surface area (Å²) in [7, 11) is 0. The fraction of sp³-hybridized carbons (Fsp3) is 0.846. The van der Waals surface area contributed by atoms with E-state index < -0.39 is 5.54 Å². The molecule has 0 radical (unpaired) electrons. The molecule has 1 N–H and O–H groups in total. The number of aromatic nitrogens is 2. The summed E-state index contributed by atoms with van der Waals surface area (Å²) in [6, 6.07) is 0. The molecule has 0 aromatic carbocycles. The van der Waals surface area contributed by atoms with Crippen molar-refractivity contribution in [2.75, 3.05) is 32.7 Å². The average Bonchev–Trinajstić information content (AvgIpc) is 3.02. The summed E-state index contributed by atoms with van der Waals surface area (Å²) in [5, 5.41) is 7.36. The van der Waals surface area contributed by atoms with E-state index in [1.54, 1.807) is 6.92 Å². The lowest BCUT2D eigenvalue weighted by Crippen LogP contribution is -2.45. The second kappa shape index (κ2) is 12.1. The van der Waals surface area contributed by atoms with Crippen LogP contribution >= 0.6 is 0 Å². The van der Waals surface area contributed by atoms with Crippen molar-refractivity contribution in [3.05, 3.63) is 11.7 Å². The first-order chi connectivity index (χ1) is 16.5. The first-order valence-electron chi connectivity index (χ1n) is 13.7. The highest BCUT2D eigenvalue weighted by Crippen LogP contribution is 2.34. The number of carbonyl (C=O) groups excluding carboxylic acids is 2. The zero-order valence-corrected chi connectivity index (χ0v) is 21.0. The summed E-state index contributed by atoms with van der Waals surface area (Å²) in [5.74, 6) is 2.01. The first-order valence-corrected chi connectivity index (χ1v) is 13.7. The highest BCUT2D eigenvalue weighted by molar-refractivity contribution is 5.76. The second-order valence-electron chi connectivity index (χ2n) is 10.7.